The Morgan fingerprint density at radius 3 is 2.43 bits per heavy atom. The zero-order chi connectivity index (χ0) is 19.6. The fourth-order valence-corrected chi connectivity index (χ4v) is 2.69. The molecule has 28 heavy (non-hydrogen) atoms. The number of benzene rings is 2. The second-order valence-electron chi connectivity index (χ2n) is 6.41. The number of nitrogens with zero attached hydrogens (tertiary/aromatic N) is 3. The van der Waals surface area contributed by atoms with E-state index in [4.69, 9.17) is 4.74 Å². The Hall–Kier alpha value is -3.28. The van der Waals surface area contributed by atoms with Crippen LogP contribution >= 0.6 is 0 Å². The van der Waals surface area contributed by atoms with Crippen molar-refractivity contribution in [2.45, 2.75) is 26.6 Å². The molecule has 3 rings (SSSR count). The number of aryl methyl sites for hydroxylation is 1. The van der Waals surface area contributed by atoms with Gasteiger partial charge in [-0.3, -0.25) is 4.68 Å². The molecular weight excluding hydrogens is 350 g/mol. The number of rotatable bonds is 8. The van der Waals surface area contributed by atoms with E-state index in [0.29, 0.717) is 19.7 Å². The molecule has 0 saturated heterocycles. The Labute approximate surface area is 166 Å². The summed E-state index contributed by atoms with van der Waals surface area (Å²) in [6.07, 6.45) is 1.80. The third kappa shape index (κ3) is 5.87. The number of para-hydroxylation sites is 1. The first-order chi connectivity index (χ1) is 13.7. The van der Waals surface area contributed by atoms with Crippen LogP contribution in [0.2, 0.25) is 0 Å². The Kier molecular flexibility index (Phi) is 7.07. The van der Waals surface area contributed by atoms with Crippen molar-refractivity contribution in [1.82, 2.24) is 20.4 Å². The first-order valence-corrected chi connectivity index (χ1v) is 9.49. The summed E-state index contributed by atoms with van der Waals surface area (Å²) in [5.41, 5.74) is 3.40. The van der Waals surface area contributed by atoms with E-state index in [-0.39, 0.29) is 0 Å². The zero-order valence-electron chi connectivity index (χ0n) is 16.4. The molecule has 0 unspecified atom stereocenters. The zero-order valence-corrected chi connectivity index (χ0v) is 16.4. The first kappa shape index (κ1) is 19.5. The lowest BCUT2D eigenvalue weighted by molar-refractivity contribution is 0.306. The summed E-state index contributed by atoms with van der Waals surface area (Å²) in [6, 6.07) is 20.2. The van der Waals surface area contributed by atoms with E-state index in [1.807, 2.05) is 48.1 Å². The van der Waals surface area contributed by atoms with Gasteiger partial charge in [-0.1, -0.05) is 42.5 Å². The number of ether oxygens (including phenoxy) is 1. The molecule has 6 heteroatoms. The monoisotopic (exact) mass is 377 g/mol. The molecule has 0 spiro atoms. The van der Waals surface area contributed by atoms with Crippen LogP contribution in [0.25, 0.3) is 0 Å². The molecule has 1 heterocycles. The van der Waals surface area contributed by atoms with Crippen LogP contribution in [0, 0.1) is 0 Å². The van der Waals surface area contributed by atoms with Gasteiger partial charge < -0.3 is 15.4 Å². The molecule has 0 bridgehead atoms. The van der Waals surface area contributed by atoms with Crippen molar-refractivity contribution >= 4 is 5.96 Å². The average molecular weight is 377 g/mol. The van der Waals surface area contributed by atoms with Crippen molar-refractivity contribution in [2.24, 2.45) is 12.0 Å². The van der Waals surface area contributed by atoms with E-state index in [1.54, 1.807) is 6.20 Å². The maximum atomic E-state index is 5.78. The maximum absolute atomic E-state index is 5.78. The lowest BCUT2D eigenvalue weighted by Gasteiger charge is -2.11. The van der Waals surface area contributed by atoms with E-state index < -0.39 is 0 Å². The number of hydrogen-bond donors (Lipinski definition) is 2. The Bertz CT molecular complexity index is 871. The standard InChI is InChI=1S/C22H27N5O/c1-3-23-22(25-16-20-13-14-26-27(20)2)24-15-18-9-11-19(12-10-18)17-28-21-7-5-4-6-8-21/h4-14H,3,15-17H2,1-2H3,(H2,23,24,25). The van der Waals surface area contributed by atoms with Gasteiger partial charge in [0.25, 0.3) is 0 Å². The third-order valence-electron chi connectivity index (χ3n) is 4.30. The van der Waals surface area contributed by atoms with Crippen LogP contribution in [0.15, 0.2) is 71.9 Å². The number of nitrogens with one attached hydrogen (secondary N) is 2. The number of aliphatic imine (C=N–C) groups is 1. The molecule has 0 fully saturated rings. The van der Waals surface area contributed by atoms with Crippen LogP contribution in [0.4, 0.5) is 0 Å². The summed E-state index contributed by atoms with van der Waals surface area (Å²) < 4.78 is 7.64. The fourth-order valence-electron chi connectivity index (χ4n) is 2.69. The summed E-state index contributed by atoms with van der Waals surface area (Å²) in [7, 11) is 1.93. The fraction of sp³-hybridized carbons (Fsp3) is 0.273. The van der Waals surface area contributed by atoms with Crippen LogP contribution in [-0.2, 0) is 26.7 Å². The van der Waals surface area contributed by atoms with Crippen molar-refractivity contribution in [3.05, 3.63) is 83.7 Å². The molecule has 146 valence electrons. The SMILES string of the molecule is CCNC(=NCc1ccc(COc2ccccc2)cc1)NCc1ccnn1C. The van der Waals surface area contributed by atoms with Crippen LogP contribution in [0.1, 0.15) is 23.7 Å². The lowest BCUT2D eigenvalue weighted by atomic mass is 10.1. The van der Waals surface area contributed by atoms with Gasteiger partial charge in [0.15, 0.2) is 5.96 Å². The number of guanidine groups is 1. The van der Waals surface area contributed by atoms with Gasteiger partial charge in [0.2, 0.25) is 0 Å². The molecule has 0 aliphatic carbocycles. The summed E-state index contributed by atoms with van der Waals surface area (Å²) in [6.45, 7) is 4.72. The van der Waals surface area contributed by atoms with Crippen LogP contribution in [0.3, 0.4) is 0 Å². The molecule has 6 nitrogen and oxygen atoms in total. The molecule has 0 radical (unpaired) electrons. The molecular formula is C22H27N5O. The van der Waals surface area contributed by atoms with Crippen molar-refractivity contribution < 1.29 is 4.74 Å². The molecule has 2 aromatic carbocycles. The highest BCUT2D eigenvalue weighted by Crippen LogP contribution is 2.12. The van der Waals surface area contributed by atoms with Crippen LogP contribution in [-0.4, -0.2) is 22.3 Å². The molecule has 0 amide bonds. The summed E-state index contributed by atoms with van der Waals surface area (Å²) in [4.78, 5) is 4.67. The Morgan fingerprint density at radius 1 is 1.00 bits per heavy atom. The van der Waals surface area contributed by atoms with Gasteiger partial charge in [-0.25, -0.2) is 4.99 Å². The second-order valence-corrected chi connectivity index (χ2v) is 6.41. The molecule has 3 aromatic rings. The summed E-state index contributed by atoms with van der Waals surface area (Å²) >= 11 is 0. The van der Waals surface area contributed by atoms with E-state index >= 15 is 0 Å². The van der Waals surface area contributed by atoms with Crippen molar-refractivity contribution in [3.63, 3.8) is 0 Å². The van der Waals surface area contributed by atoms with E-state index in [2.05, 4.69) is 51.9 Å². The summed E-state index contributed by atoms with van der Waals surface area (Å²) in [5.74, 6) is 1.67. The molecule has 0 aliphatic heterocycles. The molecule has 0 atom stereocenters. The van der Waals surface area contributed by atoms with E-state index in [0.717, 1.165) is 35.1 Å². The molecule has 0 aliphatic rings. The second kappa shape index (κ2) is 10.2. The Balaban J connectivity index is 1.52. The highest BCUT2D eigenvalue weighted by molar-refractivity contribution is 5.79. The van der Waals surface area contributed by atoms with Gasteiger partial charge in [-0.15, -0.1) is 0 Å². The first-order valence-electron chi connectivity index (χ1n) is 9.49. The van der Waals surface area contributed by atoms with Crippen molar-refractivity contribution in [1.29, 1.82) is 0 Å². The largest absolute Gasteiger partial charge is 0.489 e. The highest BCUT2D eigenvalue weighted by atomic mass is 16.5. The number of aromatic nitrogens is 2. The van der Waals surface area contributed by atoms with Crippen LogP contribution in [0.5, 0.6) is 5.75 Å². The Morgan fingerprint density at radius 2 is 1.75 bits per heavy atom. The van der Waals surface area contributed by atoms with Crippen molar-refractivity contribution in [3.8, 4) is 5.75 Å². The van der Waals surface area contributed by atoms with Gasteiger partial charge in [0, 0.05) is 19.8 Å². The topological polar surface area (TPSA) is 63.5 Å². The smallest absolute Gasteiger partial charge is 0.191 e. The minimum Gasteiger partial charge on any atom is -0.489 e. The predicted octanol–water partition coefficient (Wildman–Crippen LogP) is 3.25. The maximum Gasteiger partial charge on any atom is 0.191 e. The van der Waals surface area contributed by atoms with Gasteiger partial charge >= 0.3 is 0 Å². The van der Waals surface area contributed by atoms with Crippen LogP contribution < -0.4 is 15.4 Å². The summed E-state index contributed by atoms with van der Waals surface area (Å²) in [5, 5.41) is 10.8. The molecule has 1 aromatic heterocycles. The predicted molar refractivity (Wildman–Crippen MR) is 112 cm³/mol. The quantitative estimate of drug-likeness (QED) is 0.467. The van der Waals surface area contributed by atoms with Gasteiger partial charge in [-0.05, 0) is 36.2 Å². The van der Waals surface area contributed by atoms with E-state index in [9.17, 15) is 0 Å². The number of hydrogen-bond acceptors (Lipinski definition) is 3. The van der Waals surface area contributed by atoms with Gasteiger partial charge in [0.05, 0.1) is 18.8 Å². The third-order valence-corrected chi connectivity index (χ3v) is 4.30. The highest BCUT2D eigenvalue weighted by Gasteiger charge is 2.02. The minimum atomic E-state index is 0.558. The minimum absolute atomic E-state index is 0.558. The van der Waals surface area contributed by atoms with E-state index in [1.165, 1.54) is 0 Å². The average Bonchev–Trinajstić information content (AvgIpc) is 3.15. The van der Waals surface area contributed by atoms with Gasteiger partial charge in [-0.2, -0.15) is 5.10 Å². The molecule has 0 saturated carbocycles. The van der Waals surface area contributed by atoms with Crippen molar-refractivity contribution in [2.75, 3.05) is 6.54 Å². The lowest BCUT2D eigenvalue weighted by Crippen LogP contribution is -2.37. The van der Waals surface area contributed by atoms with Gasteiger partial charge in [0.1, 0.15) is 12.4 Å². The molecule has 2 N–H and O–H groups in total. The normalized spacial score (nSPS) is 11.3.